The van der Waals surface area contributed by atoms with E-state index in [9.17, 15) is 29.2 Å². The molecule has 0 fully saturated rings. The Morgan fingerprint density at radius 1 is 1.50 bits per heavy atom. The molecule has 9 heteroatoms. The molecule has 8 nitrogen and oxygen atoms in total. The van der Waals surface area contributed by atoms with Gasteiger partial charge >= 0.3 is 5.97 Å². The Morgan fingerprint density at radius 3 is 2.70 bits per heavy atom. The van der Waals surface area contributed by atoms with Gasteiger partial charge in [0.2, 0.25) is 0 Å². The van der Waals surface area contributed by atoms with E-state index in [0.717, 1.165) is 19.2 Å². The summed E-state index contributed by atoms with van der Waals surface area (Å²) in [5.41, 5.74) is -0.877. The van der Waals surface area contributed by atoms with Crippen molar-refractivity contribution in [1.29, 1.82) is 0 Å². The van der Waals surface area contributed by atoms with Gasteiger partial charge in [0.25, 0.3) is 11.6 Å². The van der Waals surface area contributed by atoms with Crippen LogP contribution in [0.15, 0.2) is 18.2 Å². The van der Waals surface area contributed by atoms with Gasteiger partial charge in [-0.1, -0.05) is 0 Å². The number of ether oxygens (including phenoxy) is 1. The number of amides is 1. The fraction of sp³-hybridized carbons (Fsp3) is 0.273. The molecular weight excluding hydrogens is 275 g/mol. The molecule has 1 amide bonds. The summed E-state index contributed by atoms with van der Waals surface area (Å²) in [6, 6.07) is 2.34. The number of aliphatic hydroxyl groups is 1. The van der Waals surface area contributed by atoms with Crippen molar-refractivity contribution in [3.8, 4) is 0 Å². The predicted molar refractivity (Wildman–Crippen MR) is 63.4 cm³/mol. The van der Waals surface area contributed by atoms with Crippen LogP contribution < -0.4 is 5.32 Å². The minimum absolute atomic E-state index is 0.297. The number of hydrogen-bond acceptors (Lipinski definition) is 6. The third kappa shape index (κ3) is 3.99. The summed E-state index contributed by atoms with van der Waals surface area (Å²) in [4.78, 5) is 32.2. The zero-order valence-electron chi connectivity index (χ0n) is 10.3. The van der Waals surface area contributed by atoms with Gasteiger partial charge in [-0.3, -0.25) is 14.9 Å². The quantitative estimate of drug-likeness (QED) is 0.446. The maximum absolute atomic E-state index is 13.1. The minimum atomic E-state index is -1.58. The molecule has 108 valence electrons. The standard InChI is InChI=1S/C11H11FN2O6/c1-20-11(17)9(15)5-13-10(16)6-2-7(12)4-8(3-6)14(18)19/h2-4,9,15H,5H2,1H3,(H,13,16). The van der Waals surface area contributed by atoms with E-state index in [4.69, 9.17) is 0 Å². The Kier molecular flexibility index (Phi) is 5.09. The lowest BCUT2D eigenvalue weighted by molar-refractivity contribution is -0.385. The highest BCUT2D eigenvalue weighted by molar-refractivity contribution is 5.95. The normalized spacial score (nSPS) is 11.6. The van der Waals surface area contributed by atoms with Crippen LogP contribution in [0.25, 0.3) is 0 Å². The van der Waals surface area contributed by atoms with Crippen molar-refractivity contribution in [1.82, 2.24) is 5.32 Å². The first-order chi connectivity index (χ1) is 9.35. The molecule has 0 aliphatic heterocycles. The number of halogens is 1. The zero-order valence-corrected chi connectivity index (χ0v) is 10.3. The van der Waals surface area contributed by atoms with Crippen LogP contribution in [0.4, 0.5) is 10.1 Å². The predicted octanol–water partition coefficient (Wildman–Crippen LogP) is -0.00240. The Hall–Kier alpha value is -2.55. The number of nitro benzene ring substituents is 1. The molecule has 1 aromatic carbocycles. The van der Waals surface area contributed by atoms with Crippen molar-refractivity contribution in [3.05, 3.63) is 39.7 Å². The van der Waals surface area contributed by atoms with E-state index < -0.39 is 41.0 Å². The van der Waals surface area contributed by atoms with Gasteiger partial charge in [-0.05, 0) is 6.07 Å². The number of esters is 1. The number of aliphatic hydroxyl groups excluding tert-OH is 1. The number of carbonyl (C=O) groups is 2. The molecule has 0 saturated carbocycles. The second-order valence-corrected chi connectivity index (χ2v) is 3.70. The molecule has 1 aromatic rings. The van der Waals surface area contributed by atoms with Crippen LogP contribution in [0.5, 0.6) is 0 Å². The Morgan fingerprint density at radius 2 is 2.15 bits per heavy atom. The smallest absolute Gasteiger partial charge is 0.336 e. The fourth-order valence-corrected chi connectivity index (χ4v) is 1.32. The van der Waals surface area contributed by atoms with Gasteiger partial charge in [-0.2, -0.15) is 0 Å². The molecule has 0 aliphatic rings. The second-order valence-electron chi connectivity index (χ2n) is 3.70. The Bertz CT molecular complexity index is 548. The van der Waals surface area contributed by atoms with Gasteiger partial charge in [-0.25, -0.2) is 9.18 Å². The summed E-state index contributed by atoms with van der Waals surface area (Å²) < 4.78 is 17.4. The van der Waals surface area contributed by atoms with Gasteiger partial charge < -0.3 is 15.2 Å². The summed E-state index contributed by atoms with van der Waals surface area (Å²) in [6.45, 7) is -0.462. The molecule has 0 aliphatic carbocycles. The number of nitro groups is 1. The topological polar surface area (TPSA) is 119 Å². The molecule has 0 spiro atoms. The lowest BCUT2D eigenvalue weighted by Crippen LogP contribution is -2.37. The first kappa shape index (κ1) is 15.5. The zero-order chi connectivity index (χ0) is 15.3. The SMILES string of the molecule is COC(=O)C(O)CNC(=O)c1cc(F)cc([N+](=O)[O-])c1. The highest BCUT2D eigenvalue weighted by Gasteiger charge is 2.18. The van der Waals surface area contributed by atoms with E-state index in [1.165, 1.54) is 0 Å². The molecule has 0 saturated heterocycles. The number of nitrogens with one attached hydrogen (secondary N) is 1. The van der Waals surface area contributed by atoms with E-state index in [0.29, 0.717) is 6.07 Å². The first-order valence-electron chi connectivity index (χ1n) is 5.34. The van der Waals surface area contributed by atoms with Gasteiger partial charge in [-0.15, -0.1) is 0 Å². The van der Waals surface area contributed by atoms with Crippen molar-refractivity contribution in [2.75, 3.05) is 13.7 Å². The van der Waals surface area contributed by atoms with Crippen LogP contribution >= 0.6 is 0 Å². The third-order valence-electron chi connectivity index (χ3n) is 2.28. The number of non-ortho nitro benzene ring substituents is 1. The first-order valence-corrected chi connectivity index (χ1v) is 5.34. The largest absolute Gasteiger partial charge is 0.467 e. The van der Waals surface area contributed by atoms with Crippen LogP contribution in [0.3, 0.4) is 0 Å². The summed E-state index contributed by atoms with van der Waals surface area (Å²) in [5.74, 6) is -2.76. The number of methoxy groups -OCH3 is 1. The average molecular weight is 286 g/mol. The molecule has 0 heterocycles. The Balaban J connectivity index is 2.78. The molecule has 1 unspecified atom stereocenters. The molecule has 1 rings (SSSR count). The number of rotatable bonds is 5. The summed E-state index contributed by atoms with van der Waals surface area (Å²) in [5, 5.41) is 21.9. The molecule has 20 heavy (non-hydrogen) atoms. The van der Waals surface area contributed by atoms with E-state index >= 15 is 0 Å². The van der Waals surface area contributed by atoms with Crippen molar-refractivity contribution in [3.63, 3.8) is 0 Å². The van der Waals surface area contributed by atoms with Crippen LogP contribution in [-0.4, -0.2) is 41.7 Å². The van der Waals surface area contributed by atoms with E-state index in [1.54, 1.807) is 0 Å². The van der Waals surface area contributed by atoms with Crippen LogP contribution in [0.1, 0.15) is 10.4 Å². The molecule has 0 radical (unpaired) electrons. The van der Waals surface area contributed by atoms with Gasteiger partial charge in [0.15, 0.2) is 6.10 Å². The van der Waals surface area contributed by atoms with Crippen molar-refractivity contribution in [2.24, 2.45) is 0 Å². The number of nitrogens with zero attached hydrogens (tertiary/aromatic N) is 1. The van der Waals surface area contributed by atoms with E-state index in [1.807, 2.05) is 0 Å². The Labute approximate surface area is 112 Å². The maximum Gasteiger partial charge on any atom is 0.336 e. The van der Waals surface area contributed by atoms with Gasteiger partial charge in [0.1, 0.15) is 5.82 Å². The summed E-state index contributed by atoms with van der Waals surface area (Å²) >= 11 is 0. The van der Waals surface area contributed by atoms with Crippen LogP contribution in [0, 0.1) is 15.9 Å². The highest BCUT2D eigenvalue weighted by Crippen LogP contribution is 2.16. The monoisotopic (exact) mass is 286 g/mol. The minimum Gasteiger partial charge on any atom is -0.467 e. The average Bonchev–Trinajstić information content (AvgIpc) is 2.42. The van der Waals surface area contributed by atoms with Crippen LogP contribution in [-0.2, 0) is 9.53 Å². The van der Waals surface area contributed by atoms with E-state index in [2.05, 4.69) is 10.1 Å². The molecule has 0 aromatic heterocycles. The number of carbonyl (C=O) groups excluding carboxylic acids is 2. The number of hydrogen-bond donors (Lipinski definition) is 2. The lowest BCUT2D eigenvalue weighted by atomic mass is 10.2. The molecule has 0 bridgehead atoms. The molecule has 1 atom stereocenters. The summed E-state index contributed by atoms with van der Waals surface area (Å²) in [6.07, 6.45) is -1.58. The second kappa shape index (κ2) is 6.57. The molecular formula is C11H11FN2O6. The number of benzene rings is 1. The van der Waals surface area contributed by atoms with Gasteiger partial charge in [0.05, 0.1) is 24.6 Å². The lowest BCUT2D eigenvalue weighted by Gasteiger charge is -2.09. The maximum atomic E-state index is 13.1. The summed E-state index contributed by atoms with van der Waals surface area (Å²) in [7, 11) is 1.06. The third-order valence-corrected chi connectivity index (χ3v) is 2.28. The highest BCUT2D eigenvalue weighted by atomic mass is 19.1. The fourth-order valence-electron chi connectivity index (χ4n) is 1.32. The van der Waals surface area contributed by atoms with Crippen molar-refractivity contribution >= 4 is 17.6 Å². The van der Waals surface area contributed by atoms with Crippen LogP contribution in [0.2, 0.25) is 0 Å². The van der Waals surface area contributed by atoms with Gasteiger partial charge in [0, 0.05) is 11.6 Å². The molecule has 2 N–H and O–H groups in total. The van der Waals surface area contributed by atoms with Crippen molar-refractivity contribution < 1.29 is 28.7 Å². The van der Waals surface area contributed by atoms with E-state index in [-0.39, 0.29) is 5.56 Å². The van der Waals surface area contributed by atoms with Crippen molar-refractivity contribution in [2.45, 2.75) is 6.10 Å².